The number of halogens is 4. The molecule has 0 bridgehead atoms. The summed E-state index contributed by atoms with van der Waals surface area (Å²) < 4.78 is 59.4. The van der Waals surface area contributed by atoms with Gasteiger partial charge in [0, 0.05) is 18.0 Å². The van der Waals surface area contributed by atoms with Crippen molar-refractivity contribution in [2.24, 2.45) is 0 Å². The Balaban J connectivity index is 1.68. The monoisotopic (exact) mass is 421 g/mol. The first kappa shape index (κ1) is 20.9. The Kier molecular flexibility index (Phi) is 6.05. The van der Waals surface area contributed by atoms with Gasteiger partial charge in [0.2, 0.25) is 5.88 Å². The average molecular weight is 421 g/mol. The van der Waals surface area contributed by atoms with Crippen molar-refractivity contribution in [1.82, 2.24) is 4.98 Å². The zero-order valence-corrected chi connectivity index (χ0v) is 15.5. The SMILES string of the molecule is Cc1ccc(F)cc1Oc1ncccc1NC(=O)Nc1ccc(OC(F)(F)F)cc1. The van der Waals surface area contributed by atoms with E-state index in [0.29, 0.717) is 5.56 Å². The standard InChI is InChI=1S/C20H15F4N3O3/c1-12-4-5-13(21)11-17(12)29-18-16(3-2-10-25-18)27-19(28)26-14-6-8-15(9-7-14)30-20(22,23)24/h2-11H,1H3,(H2,26,27,28). The zero-order chi connectivity index (χ0) is 21.7. The van der Waals surface area contributed by atoms with Gasteiger partial charge in [0.15, 0.2) is 0 Å². The maximum absolute atomic E-state index is 13.5. The summed E-state index contributed by atoms with van der Waals surface area (Å²) in [5.41, 5.74) is 1.10. The first-order valence-corrected chi connectivity index (χ1v) is 8.52. The maximum Gasteiger partial charge on any atom is 0.573 e. The van der Waals surface area contributed by atoms with Crippen molar-refractivity contribution < 1.29 is 31.8 Å². The highest BCUT2D eigenvalue weighted by Crippen LogP contribution is 2.30. The second-order valence-electron chi connectivity index (χ2n) is 6.02. The normalized spacial score (nSPS) is 11.0. The van der Waals surface area contributed by atoms with Crippen LogP contribution < -0.4 is 20.1 Å². The van der Waals surface area contributed by atoms with Gasteiger partial charge in [-0.25, -0.2) is 14.2 Å². The van der Waals surface area contributed by atoms with Crippen LogP contribution in [0.5, 0.6) is 17.4 Å². The Hall–Kier alpha value is -3.82. The van der Waals surface area contributed by atoms with Gasteiger partial charge in [-0.2, -0.15) is 0 Å². The number of ether oxygens (including phenoxy) is 2. The molecule has 2 N–H and O–H groups in total. The molecule has 0 atom stereocenters. The second kappa shape index (κ2) is 8.68. The van der Waals surface area contributed by atoms with E-state index in [4.69, 9.17) is 4.74 Å². The largest absolute Gasteiger partial charge is 0.573 e. The third-order valence-corrected chi connectivity index (χ3v) is 3.72. The molecule has 0 radical (unpaired) electrons. The third-order valence-electron chi connectivity index (χ3n) is 3.72. The Morgan fingerprint density at radius 2 is 1.77 bits per heavy atom. The Morgan fingerprint density at radius 3 is 2.47 bits per heavy atom. The quantitative estimate of drug-likeness (QED) is 0.506. The van der Waals surface area contributed by atoms with Gasteiger partial charge in [-0.3, -0.25) is 0 Å². The minimum absolute atomic E-state index is 0.0373. The first-order chi connectivity index (χ1) is 14.2. The third kappa shape index (κ3) is 5.84. The van der Waals surface area contributed by atoms with Crippen LogP contribution in [0, 0.1) is 12.7 Å². The average Bonchev–Trinajstić information content (AvgIpc) is 2.66. The van der Waals surface area contributed by atoms with Crippen molar-refractivity contribution in [3.05, 3.63) is 72.2 Å². The number of nitrogens with one attached hydrogen (secondary N) is 2. The predicted molar refractivity (Wildman–Crippen MR) is 101 cm³/mol. The lowest BCUT2D eigenvalue weighted by Crippen LogP contribution is -2.20. The minimum Gasteiger partial charge on any atom is -0.437 e. The number of anilines is 2. The molecule has 2 aromatic carbocycles. The van der Waals surface area contributed by atoms with Crippen LogP contribution in [-0.2, 0) is 0 Å². The molecular formula is C20H15F4N3O3. The van der Waals surface area contributed by atoms with Crippen molar-refractivity contribution >= 4 is 17.4 Å². The number of aryl methyl sites for hydroxylation is 1. The van der Waals surface area contributed by atoms with Gasteiger partial charge in [-0.05, 0) is 55.0 Å². The van der Waals surface area contributed by atoms with Crippen LogP contribution in [0.2, 0.25) is 0 Å². The van der Waals surface area contributed by atoms with E-state index in [1.54, 1.807) is 19.1 Å². The van der Waals surface area contributed by atoms with E-state index in [1.165, 1.54) is 36.5 Å². The molecule has 2 amide bonds. The van der Waals surface area contributed by atoms with Gasteiger partial charge in [0.05, 0.1) is 0 Å². The Bertz CT molecular complexity index is 1040. The molecule has 0 saturated carbocycles. The molecule has 30 heavy (non-hydrogen) atoms. The van der Waals surface area contributed by atoms with Crippen LogP contribution in [0.4, 0.5) is 33.7 Å². The highest BCUT2D eigenvalue weighted by atomic mass is 19.4. The summed E-state index contributed by atoms with van der Waals surface area (Å²) in [6, 6.07) is 11.0. The van der Waals surface area contributed by atoms with Crippen molar-refractivity contribution in [2.45, 2.75) is 13.3 Å². The zero-order valence-electron chi connectivity index (χ0n) is 15.5. The highest BCUT2D eigenvalue weighted by Gasteiger charge is 2.30. The van der Waals surface area contributed by atoms with Gasteiger partial charge < -0.3 is 20.1 Å². The number of benzene rings is 2. The number of carbonyl (C=O) groups excluding carboxylic acids is 1. The molecule has 0 aliphatic heterocycles. The molecule has 0 spiro atoms. The number of aromatic nitrogens is 1. The number of hydrogen-bond donors (Lipinski definition) is 2. The molecule has 6 nitrogen and oxygen atoms in total. The van der Waals surface area contributed by atoms with Crippen molar-refractivity contribution in [3.63, 3.8) is 0 Å². The number of nitrogens with zero attached hydrogens (tertiary/aromatic N) is 1. The molecule has 0 saturated heterocycles. The number of rotatable bonds is 5. The smallest absolute Gasteiger partial charge is 0.437 e. The molecule has 3 aromatic rings. The predicted octanol–water partition coefficient (Wildman–Crippen LogP) is 5.86. The fraction of sp³-hybridized carbons (Fsp3) is 0.100. The van der Waals surface area contributed by atoms with Crippen LogP contribution >= 0.6 is 0 Å². The van der Waals surface area contributed by atoms with Crippen molar-refractivity contribution in [1.29, 1.82) is 0 Å². The van der Waals surface area contributed by atoms with Crippen molar-refractivity contribution in [2.75, 3.05) is 10.6 Å². The number of urea groups is 1. The number of amides is 2. The summed E-state index contributed by atoms with van der Waals surface area (Å²) >= 11 is 0. The highest BCUT2D eigenvalue weighted by molar-refractivity contribution is 6.00. The first-order valence-electron chi connectivity index (χ1n) is 8.52. The van der Waals surface area contributed by atoms with E-state index in [9.17, 15) is 22.4 Å². The molecule has 1 aromatic heterocycles. The molecule has 0 fully saturated rings. The minimum atomic E-state index is -4.80. The second-order valence-corrected chi connectivity index (χ2v) is 6.02. The molecule has 0 aliphatic carbocycles. The van der Waals surface area contributed by atoms with Gasteiger partial charge in [0.1, 0.15) is 23.0 Å². The summed E-state index contributed by atoms with van der Waals surface area (Å²) in [6.07, 6.45) is -3.37. The van der Waals surface area contributed by atoms with Crippen LogP contribution in [0.15, 0.2) is 60.8 Å². The Morgan fingerprint density at radius 1 is 1.03 bits per heavy atom. The Labute approximate surface area is 168 Å². The molecule has 0 unspecified atom stereocenters. The summed E-state index contributed by atoms with van der Waals surface area (Å²) in [5, 5.41) is 4.99. The van der Waals surface area contributed by atoms with Crippen LogP contribution in [0.1, 0.15) is 5.56 Å². The molecule has 1 heterocycles. The van der Waals surface area contributed by atoms with Gasteiger partial charge in [-0.15, -0.1) is 13.2 Å². The number of pyridine rings is 1. The van der Waals surface area contributed by atoms with Gasteiger partial charge in [0.25, 0.3) is 0 Å². The number of hydrogen-bond acceptors (Lipinski definition) is 4. The maximum atomic E-state index is 13.5. The summed E-state index contributed by atoms with van der Waals surface area (Å²) in [7, 11) is 0. The van der Waals surface area contributed by atoms with E-state index < -0.39 is 24.0 Å². The molecular weight excluding hydrogens is 406 g/mol. The lowest BCUT2D eigenvalue weighted by atomic mass is 10.2. The van der Waals surface area contributed by atoms with E-state index >= 15 is 0 Å². The van der Waals surface area contributed by atoms with Crippen molar-refractivity contribution in [3.8, 4) is 17.4 Å². The topological polar surface area (TPSA) is 72.5 Å². The summed E-state index contributed by atoms with van der Waals surface area (Å²) in [5.74, 6) is -0.633. The van der Waals surface area contributed by atoms with E-state index in [0.717, 1.165) is 12.1 Å². The molecule has 3 rings (SSSR count). The summed E-state index contributed by atoms with van der Waals surface area (Å²) in [4.78, 5) is 16.3. The number of alkyl halides is 3. The van der Waals surface area contributed by atoms with E-state index in [2.05, 4.69) is 20.4 Å². The van der Waals surface area contributed by atoms with Crippen LogP contribution in [0.25, 0.3) is 0 Å². The molecule has 0 aliphatic rings. The number of carbonyl (C=O) groups is 1. The van der Waals surface area contributed by atoms with Gasteiger partial charge in [-0.1, -0.05) is 6.07 Å². The molecule has 10 heteroatoms. The lowest BCUT2D eigenvalue weighted by molar-refractivity contribution is -0.274. The summed E-state index contributed by atoms with van der Waals surface area (Å²) in [6.45, 7) is 1.73. The molecule has 156 valence electrons. The van der Waals surface area contributed by atoms with E-state index in [-0.39, 0.29) is 23.0 Å². The lowest BCUT2D eigenvalue weighted by Gasteiger charge is -2.13. The van der Waals surface area contributed by atoms with Crippen LogP contribution in [0.3, 0.4) is 0 Å². The van der Waals surface area contributed by atoms with E-state index in [1.807, 2.05) is 0 Å². The fourth-order valence-electron chi connectivity index (χ4n) is 2.38. The fourth-order valence-corrected chi connectivity index (χ4v) is 2.38. The van der Waals surface area contributed by atoms with Gasteiger partial charge >= 0.3 is 12.4 Å². The van der Waals surface area contributed by atoms with Crippen LogP contribution in [-0.4, -0.2) is 17.4 Å².